The van der Waals surface area contributed by atoms with Crippen molar-refractivity contribution in [3.8, 4) is 0 Å². The summed E-state index contributed by atoms with van der Waals surface area (Å²) >= 11 is 1.28. The molecule has 1 atom stereocenters. The molecule has 1 unspecified atom stereocenters. The number of nitrogens with one attached hydrogen (secondary N) is 1. The number of ether oxygens (including phenoxy) is 2. The molecule has 0 spiro atoms. The number of methoxy groups -OCH3 is 2. The van der Waals surface area contributed by atoms with E-state index in [1.165, 1.54) is 11.3 Å². The van der Waals surface area contributed by atoms with Crippen LogP contribution < -0.4 is 11.1 Å². The Morgan fingerprint density at radius 3 is 3.05 bits per heavy atom. The maximum absolute atomic E-state index is 12.4. The molecule has 0 bridgehead atoms. The summed E-state index contributed by atoms with van der Waals surface area (Å²) in [6, 6.07) is 0. The van der Waals surface area contributed by atoms with Crippen molar-refractivity contribution in [2.45, 2.75) is 12.5 Å². The van der Waals surface area contributed by atoms with Gasteiger partial charge in [0.1, 0.15) is 10.7 Å². The van der Waals surface area contributed by atoms with Crippen LogP contribution in [0.15, 0.2) is 0 Å². The third-order valence-corrected chi connectivity index (χ3v) is 4.21. The molecule has 0 aliphatic carbocycles. The van der Waals surface area contributed by atoms with Crippen molar-refractivity contribution in [1.29, 1.82) is 0 Å². The SMILES string of the molecule is COCCNc1nc(N)c(C(=O)N2CCC(OC)C2)s1. The normalized spacial score (nSPS) is 18.5. The molecule has 112 valence electrons. The molecule has 1 aromatic rings. The summed E-state index contributed by atoms with van der Waals surface area (Å²) in [6.45, 7) is 2.51. The lowest BCUT2D eigenvalue weighted by atomic mass is 10.3. The Hall–Kier alpha value is -1.38. The minimum atomic E-state index is -0.0701. The van der Waals surface area contributed by atoms with Crippen molar-refractivity contribution in [2.75, 3.05) is 51.5 Å². The van der Waals surface area contributed by atoms with Crippen molar-refractivity contribution in [3.63, 3.8) is 0 Å². The Labute approximate surface area is 122 Å². The third-order valence-electron chi connectivity index (χ3n) is 3.20. The van der Waals surface area contributed by atoms with Gasteiger partial charge in [-0.05, 0) is 6.42 Å². The van der Waals surface area contributed by atoms with Gasteiger partial charge in [-0.2, -0.15) is 0 Å². The Balaban J connectivity index is 1.99. The zero-order valence-electron chi connectivity index (χ0n) is 11.7. The van der Waals surface area contributed by atoms with E-state index in [0.29, 0.717) is 36.2 Å². The molecule has 1 aliphatic heterocycles. The number of carbonyl (C=O) groups is 1. The molecule has 1 fully saturated rings. The minimum Gasteiger partial charge on any atom is -0.383 e. The van der Waals surface area contributed by atoms with Crippen LogP contribution in [-0.4, -0.2) is 62.4 Å². The molecule has 1 saturated heterocycles. The number of thiazole rings is 1. The highest BCUT2D eigenvalue weighted by Gasteiger charge is 2.29. The average molecular weight is 300 g/mol. The number of nitrogen functional groups attached to an aromatic ring is 1. The number of nitrogens with zero attached hydrogens (tertiary/aromatic N) is 2. The number of hydrogen-bond donors (Lipinski definition) is 2. The number of likely N-dealkylation sites (tertiary alicyclic amines) is 1. The zero-order valence-corrected chi connectivity index (χ0v) is 12.5. The summed E-state index contributed by atoms with van der Waals surface area (Å²) in [5, 5.41) is 3.72. The predicted molar refractivity (Wildman–Crippen MR) is 78.2 cm³/mol. The van der Waals surface area contributed by atoms with Gasteiger partial charge in [0.2, 0.25) is 0 Å². The molecule has 2 rings (SSSR count). The molecule has 20 heavy (non-hydrogen) atoms. The van der Waals surface area contributed by atoms with Crippen LogP contribution in [0.4, 0.5) is 10.9 Å². The Morgan fingerprint density at radius 2 is 2.40 bits per heavy atom. The second-order valence-electron chi connectivity index (χ2n) is 4.55. The number of hydrogen-bond acceptors (Lipinski definition) is 7. The fourth-order valence-corrected chi connectivity index (χ4v) is 2.95. The lowest BCUT2D eigenvalue weighted by Gasteiger charge is -2.14. The smallest absolute Gasteiger partial charge is 0.267 e. The highest BCUT2D eigenvalue weighted by Crippen LogP contribution is 2.27. The summed E-state index contributed by atoms with van der Waals surface area (Å²) < 4.78 is 10.2. The number of nitrogens with two attached hydrogens (primary N) is 1. The van der Waals surface area contributed by atoms with Crippen LogP contribution in [0.25, 0.3) is 0 Å². The molecule has 1 aliphatic rings. The third kappa shape index (κ3) is 3.38. The molecule has 0 saturated carbocycles. The summed E-state index contributed by atoms with van der Waals surface area (Å²) in [7, 11) is 3.30. The number of aromatic nitrogens is 1. The van der Waals surface area contributed by atoms with E-state index in [9.17, 15) is 4.79 Å². The largest absolute Gasteiger partial charge is 0.383 e. The molecule has 7 nitrogen and oxygen atoms in total. The summed E-state index contributed by atoms with van der Waals surface area (Å²) in [6.07, 6.45) is 0.979. The van der Waals surface area contributed by atoms with Gasteiger partial charge in [0, 0.05) is 33.9 Å². The second-order valence-corrected chi connectivity index (χ2v) is 5.55. The summed E-state index contributed by atoms with van der Waals surface area (Å²) in [5.41, 5.74) is 5.83. The van der Waals surface area contributed by atoms with Gasteiger partial charge >= 0.3 is 0 Å². The van der Waals surface area contributed by atoms with Gasteiger partial charge in [-0.3, -0.25) is 4.79 Å². The van der Waals surface area contributed by atoms with Crippen molar-refractivity contribution >= 4 is 28.2 Å². The van der Waals surface area contributed by atoms with Crippen LogP contribution in [0.5, 0.6) is 0 Å². The van der Waals surface area contributed by atoms with Crippen molar-refractivity contribution in [3.05, 3.63) is 4.88 Å². The number of rotatable bonds is 6. The molecular weight excluding hydrogens is 280 g/mol. The highest BCUT2D eigenvalue weighted by atomic mass is 32.1. The summed E-state index contributed by atoms with van der Waals surface area (Å²) in [4.78, 5) is 18.8. The van der Waals surface area contributed by atoms with Crippen LogP contribution in [-0.2, 0) is 9.47 Å². The first kappa shape index (κ1) is 15.0. The standard InChI is InChI=1S/C12H20N4O3S/c1-18-6-4-14-12-15-10(13)9(20-12)11(17)16-5-3-8(7-16)19-2/h8H,3-7,13H2,1-2H3,(H,14,15). The molecule has 3 N–H and O–H groups in total. The predicted octanol–water partition coefficient (Wildman–Crippen LogP) is 0.645. The molecule has 8 heteroatoms. The zero-order chi connectivity index (χ0) is 14.5. The molecule has 1 aromatic heterocycles. The highest BCUT2D eigenvalue weighted by molar-refractivity contribution is 7.18. The van der Waals surface area contributed by atoms with Crippen LogP contribution in [0.2, 0.25) is 0 Å². The van der Waals surface area contributed by atoms with Crippen molar-refractivity contribution in [2.24, 2.45) is 0 Å². The Morgan fingerprint density at radius 1 is 1.60 bits per heavy atom. The Kier molecular flexibility index (Phi) is 5.16. The monoisotopic (exact) mass is 300 g/mol. The fourth-order valence-electron chi connectivity index (χ4n) is 2.07. The van der Waals surface area contributed by atoms with Crippen molar-refractivity contribution < 1.29 is 14.3 Å². The van der Waals surface area contributed by atoms with Crippen LogP contribution in [0, 0.1) is 0 Å². The van der Waals surface area contributed by atoms with Crippen LogP contribution in [0.1, 0.15) is 16.1 Å². The van der Waals surface area contributed by atoms with E-state index in [4.69, 9.17) is 15.2 Å². The van der Waals surface area contributed by atoms with E-state index in [1.807, 2.05) is 0 Å². The maximum Gasteiger partial charge on any atom is 0.267 e. The van der Waals surface area contributed by atoms with Crippen LogP contribution in [0.3, 0.4) is 0 Å². The second kappa shape index (κ2) is 6.87. The first-order valence-electron chi connectivity index (χ1n) is 6.47. The Bertz CT molecular complexity index is 466. The van der Waals surface area contributed by atoms with Gasteiger partial charge in [0.05, 0.1) is 12.7 Å². The number of carbonyl (C=O) groups excluding carboxylic acids is 1. The fraction of sp³-hybridized carbons (Fsp3) is 0.667. The van der Waals surface area contributed by atoms with E-state index < -0.39 is 0 Å². The molecule has 0 radical (unpaired) electrons. The lowest BCUT2D eigenvalue weighted by molar-refractivity contribution is 0.0729. The minimum absolute atomic E-state index is 0.0701. The number of amides is 1. The topological polar surface area (TPSA) is 89.7 Å². The molecule has 2 heterocycles. The maximum atomic E-state index is 12.4. The van der Waals surface area contributed by atoms with E-state index in [2.05, 4.69) is 10.3 Å². The number of anilines is 2. The van der Waals surface area contributed by atoms with Crippen molar-refractivity contribution in [1.82, 2.24) is 9.88 Å². The van der Waals surface area contributed by atoms with Gasteiger partial charge in [-0.1, -0.05) is 11.3 Å². The molecule has 0 aromatic carbocycles. The summed E-state index contributed by atoms with van der Waals surface area (Å²) in [5.74, 6) is 0.208. The van der Waals surface area contributed by atoms with Gasteiger partial charge in [-0.15, -0.1) is 0 Å². The average Bonchev–Trinajstić information content (AvgIpc) is 3.05. The van der Waals surface area contributed by atoms with E-state index in [1.54, 1.807) is 19.1 Å². The molecule has 1 amide bonds. The molecular formula is C12H20N4O3S. The first-order chi connectivity index (χ1) is 9.65. The van der Waals surface area contributed by atoms with E-state index in [-0.39, 0.29) is 17.8 Å². The van der Waals surface area contributed by atoms with Gasteiger partial charge < -0.3 is 25.4 Å². The van der Waals surface area contributed by atoms with Gasteiger partial charge in [-0.25, -0.2) is 4.98 Å². The van der Waals surface area contributed by atoms with Gasteiger partial charge in [0.25, 0.3) is 5.91 Å². The quantitative estimate of drug-likeness (QED) is 0.750. The lowest BCUT2D eigenvalue weighted by Crippen LogP contribution is -2.29. The van der Waals surface area contributed by atoms with E-state index in [0.717, 1.165) is 6.42 Å². The first-order valence-corrected chi connectivity index (χ1v) is 7.28. The van der Waals surface area contributed by atoms with E-state index >= 15 is 0 Å². The van der Waals surface area contributed by atoms with Crippen LogP contribution >= 0.6 is 11.3 Å². The van der Waals surface area contributed by atoms with Gasteiger partial charge in [0.15, 0.2) is 5.13 Å².